The van der Waals surface area contributed by atoms with Crippen LogP contribution in [0, 0.1) is 0 Å². The van der Waals surface area contributed by atoms with E-state index in [1.165, 1.54) is 12.8 Å². The molecule has 0 spiro atoms. The normalized spacial score (nSPS) is 10.0. The third kappa shape index (κ3) is 7.27. The average molecular weight is 384 g/mol. The summed E-state index contributed by atoms with van der Waals surface area (Å²) < 4.78 is 0. The third-order valence-corrected chi connectivity index (χ3v) is 4.28. The lowest BCUT2D eigenvalue weighted by molar-refractivity contribution is 0.0951. The standard InChI is InChI=1S/C18H16ClN3O.C4H10/c19-16-7-3-14(4-8-16)10-21-18(23)15-5-1-13(2-6-15)9-17-11-20-12-22-17;1-3-4-2/h1-8,11-12H,9-10H2,(H,20,22)(H,21,23);3-4H2,1-2H3. The summed E-state index contributed by atoms with van der Waals surface area (Å²) in [7, 11) is 0. The number of amides is 1. The first kappa shape index (κ1) is 20.7. The van der Waals surface area contributed by atoms with Crippen LogP contribution in [0.1, 0.15) is 53.9 Å². The van der Waals surface area contributed by atoms with Gasteiger partial charge in [-0.2, -0.15) is 0 Å². The number of hydrogen-bond acceptors (Lipinski definition) is 2. The van der Waals surface area contributed by atoms with Gasteiger partial charge in [0.25, 0.3) is 5.91 Å². The van der Waals surface area contributed by atoms with E-state index < -0.39 is 0 Å². The lowest BCUT2D eigenvalue weighted by Crippen LogP contribution is -2.22. The summed E-state index contributed by atoms with van der Waals surface area (Å²) in [6.45, 7) is 4.84. The fraction of sp³-hybridized carbons (Fsp3) is 0.273. The van der Waals surface area contributed by atoms with Crippen molar-refractivity contribution < 1.29 is 4.79 Å². The maximum atomic E-state index is 12.2. The molecule has 4 nitrogen and oxygen atoms in total. The number of aromatic amines is 1. The number of benzene rings is 2. The van der Waals surface area contributed by atoms with Gasteiger partial charge in [-0.05, 0) is 35.4 Å². The number of nitrogens with one attached hydrogen (secondary N) is 2. The molecule has 0 unspecified atom stereocenters. The smallest absolute Gasteiger partial charge is 0.251 e. The molecule has 27 heavy (non-hydrogen) atoms. The van der Waals surface area contributed by atoms with E-state index in [2.05, 4.69) is 29.1 Å². The maximum Gasteiger partial charge on any atom is 0.251 e. The Morgan fingerprint density at radius 3 is 2.19 bits per heavy atom. The minimum Gasteiger partial charge on any atom is -0.348 e. The summed E-state index contributed by atoms with van der Waals surface area (Å²) in [4.78, 5) is 19.2. The second kappa shape index (κ2) is 11.2. The van der Waals surface area contributed by atoms with Gasteiger partial charge < -0.3 is 10.3 Å². The largest absolute Gasteiger partial charge is 0.348 e. The molecule has 1 aromatic heterocycles. The summed E-state index contributed by atoms with van der Waals surface area (Å²) in [6, 6.07) is 15.0. The van der Waals surface area contributed by atoms with Crippen LogP contribution in [-0.4, -0.2) is 15.9 Å². The zero-order chi connectivity index (χ0) is 19.5. The number of halogens is 1. The van der Waals surface area contributed by atoms with Crippen molar-refractivity contribution in [2.75, 3.05) is 0 Å². The predicted molar refractivity (Wildman–Crippen MR) is 111 cm³/mol. The Bertz CT molecular complexity index is 795. The van der Waals surface area contributed by atoms with Crippen LogP contribution in [0.5, 0.6) is 0 Å². The molecule has 0 aliphatic carbocycles. The van der Waals surface area contributed by atoms with Crippen LogP contribution in [0.15, 0.2) is 61.1 Å². The minimum atomic E-state index is -0.0898. The number of carbonyl (C=O) groups is 1. The van der Waals surface area contributed by atoms with Crippen LogP contribution in [-0.2, 0) is 13.0 Å². The van der Waals surface area contributed by atoms with E-state index in [1.54, 1.807) is 12.5 Å². The first-order chi connectivity index (χ1) is 13.1. The Balaban J connectivity index is 0.000000596. The molecule has 0 fully saturated rings. The molecule has 1 amide bonds. The number of H-pyrrole nitrogens is 1. The van der Waals surface area contributed by atoms with Gasteiger partial charge in [-0.1, -0.05) is 62.6 Å². The van der Waals surface area contributed by atoms with Gasteiger partial charge in [-0.3, -0.25) is 4.79 Å². The van der Waals surface area contributed by atoms with Gasteiger partial charge in [-0.25, -0.2) is 4.98 Å². The summed E-state index contributed by atoms with van der Waals surface area (Å²) in [5, 5.41) is 3.59. The molecule has 0 saturated heterocycles. The molecular formula is C22H26ClN3O. The van der Waals surface area contributed by atoms with Gasteiger partial charge in [0.15, 0.2) is 0 Å². The molecule has 142 valence electrons. The van der Waals surface area contributed by atoms with Crippen molar-refractivity contribution in [1.82, 2.24) is 15.3 Å². The van der Waals surface area contributed by atoms with Crippen LogP contribution >= 0.6 is 11.6 Å². The fourth-order valence-electron chi connectivity index (χ4n) is 2.26. The molecule has 3 aromatic rings. The number of hydrogen-bond donors (Lipinski definition) is 2. The molecule has 1 heterocycles. The molecule has 0 aliphatic rings. The van der Waals surface area contributed by atoms with Crippen LogP contribution in [0.2, 0.25) is 5.02 Å². The number of carbonyl (C=O) groups excluding carboxylic acids is 1. The SMILES string of the molecule is CCCC.O=C(NCc1ccc(Cl)cc1)c1ccc(Cc2cnc[nH]2)cc1. The molecule has 0 saturated carbocycles. The quantitative estimate of drug-likeness (QED) is 0.599. The molecule has 2 aromatic carbocycles. The highest BCUT2D eigenvalue weighted by atomic mass is 35.5. The first-order valence-electron chi connectivity index (χ1n) is 9.21. The van der Waals surface area contributed by atoms with Crippen molar-refractivity contribution in [1.29, 1.82) is 0 Å². The summed E-state index contributed by atoms with van der Waals surface area (Å²) >= 11 is 5.84. The lowest BCUT2D eigenvalue weighted by Gasteiger charge is -2.06. The van der Waals surface area contributed by atoms with Crippen molar-refractivity contribution in [2.24, 2.45) is 0 Å². The van der Waals surface area contributed by atoms with Crippen molar-refractivity contribution in [3.05, 3.63) is 88.5 Å². The monoisotopic (exact) mass is 383 g/mol. The molecular weight excluding hydrogens is 358 g/mol. The summed E-state index contributed by atoms with van der Waals surface area (Å²) in [6.07, 6.45) is 6.87. The van der Waals surface area contributed by atoms with Crippen LogP contribution in [0.25, 0.3) is 0 Å². The number of nitrogens with zero attached hydrogens (tertiary/aromatic N) is 1. The highest BCUT2D eigenvalue weighted by molar-refractivity contribution is 6.30. The maximum absolute atomic E-state index is 12.2. The summed E-state index contributed by atoms with van der Waals surface area (Å²) in [5.74, 6) is -0.0898. The van der Waals surface area contributed by atoms with Gasteiger partial charge in [0, 0.05) is 35.4 Å². The van der Waals surface area contributed by atoms with Gasteiger partial charge in [0.05, 0.1) is 6.33 Å². The van der Waals surface area contributed by atoms with Gasteiger partial charge in [0.1, 0.15) is 0 Å². The van der Waals surface area contributed by atoms with E-state index in [0.29, 0.717) is 17.1 Å². The van der Waals surface area contributed by atoms with Crippen molar-refractivity contribution >= 4 is 17.5 Å². The molecule has 0 radical (unpaired) electrons. The molecule has 3 rings (SSSR count). The van der Waals surface area contributed by atoms with Gasteiger partial charge >= 0.3 is 0 Å². The third-order valence-electron chi connectivity index (χ3n) is 4.03. The van der Waals surface area contributed by atoms with Crippen molar-refractivity contribution in [3.8, 4) is 0 Å². The van der Waals surface area contributed by atoms with E-state index in [9.17, 15) is 4.79 Å². The number of aromatic nitrogens is 2. The van der Waals surface area contributed by atoms with Crippen LogP contribution < -0.4 is 5.32 Å². The van der Waals surface area contributed by atoms with Crippen LogP contribution in [0.3, 0.4) is 0 Å². The number of imidazole rings is 1. The first-order valence-corrected chi connectivity index (χ1v) is 9.59. The molecule has 0 atom stereocenters. The lowest BCUT2D eigenvalue weighted by atomic mass is 10.1. The molecule has 0 aliphatic heterocycles. The second-order valence-electron chi connectivity index (χ2n) is 6.26. The highest BCUT2D eigenvalue weighted by Gasteiger charge is 2.06. The Kier molecular flexibility index (Phi) is 8.59. The molecule has 2 N–H and O–H groups in total. The predicted octanol–water partition coefficient (Wildman–Crippen LogP) is 5.39. The van der Waals surface area contributed by atoms with Gasteiger partial charge in [-0.15, -0.1) is 0 Å². The van der Waals surface area contributed by atoms with Crippen molar-refractivity contribution in [2.45, 2.75) is 39.7 Å². The van der Waals surface area contributed by atoms with Crippen LogP contribution in [0.4, 0.5) is 0 Å². The van der Waals surface area contributed by atoms with E-state index in [-0.39, 0.29) is 5.91 Å². The van der Waals surface area contributed by atoms with Gasteiger partial charge in [0.2, 0.25) is 0 Å². The average Bonchev–Trinajstić information content (AvgIpc) is 3.21. The zero-order valence-corrected chi connectivity index (χ0v) is 16.6. The van der Waals surface area contributed by atoms with E-state index in [4.69, 9.17) is 11.6 Å². The molecule has 0 bridgehead atoms. The Hall–Kier alpha value is -2.59. The van der Waals surface area contributed by atoms with E-state index in [1.807, 2.05) is 48.5 Å². The van der Waals surface area contributed by atoms with E-state index >= 15 is 0 Å². The minimum absolute atomic E-state index is 0.0898. The summed E-state index contributed by atoms with van der Waals surface area (Å²) in [5.41, 5.74) is 3.83. The Morgan fingerprint density at radius 1 is 1.00 bits per heavy atom. The number of rotatable bonds is 6. The Labute approximate surface area is 166 Å². The zero-order valence-electron chi connectivity index (χ0n) is 15.8. The molecule has 5 heteroatoms. The van der Waals surface area contributed by atoms with E-state index in [0.717, 1.165) is 23.2 Å². The fourth-order valence-corrected chi connectivity index (χ4v) is 2.39. The topological polar surface area (TPSA) is 57.8 Å². The highest BCUT2D eigenvalue weighted by Crippen LogP contribution is 2.11. The van der Waals surface area contributed by atoms with Crippen molar-refractivity contribution in [3.63, 3.8) is 0 Å². The Morgan fingerprint density at radius 2 is 1.63 bits per heavy atom. The number of unbranched alkanes of at least 4 members (excludes halogenated alkanes) is 1. The second-order valence-corrected chi connectivity index (χ2v) is 6.70.